The van der Waals surface area contributed by atoms with Crippen LogP contribution in [0.2, 0.25) is 0 Å². The predicted octanol–water partition coefficient (Wildman–Crippen LogP) is 5.86. The van der Waals surface area contributed by atoms with Gasteiger partial charge in [0, 0.05) is 42.8 Å². The molecule has 4 fully saturated rings. The molecule has 10 heteroatoms. The van der Waals surface area contributed by atoms with E-state index in [4.69, 9.17) is 19.6 Å². The lowest BCUT2D eigenvalue weighted by Crippen LogP contribution is -2.50. The number of hydrogen-bond acceptors (Lipinski definition) is 7. The van der Waals surface area contributed by atoms with Gasteiger partial charge in [-0.05, 0) is 92.9 Å². The summed E-state index contributed by atoms with van der Waals surface area (Å²) in [5.74, 6) is 0.324. The van der Waals surface area contributed by atoms with Gasteiger partial charge in [-0.25, -0.2) is 9.18 Å². The van der Waals surface area contributed by atoms with Crippen LogP contribution in [0.3, 0.4) is 0 Å². The highest BCUT2D eigenvalue weighted by molar-refractivity contribution is 6.00. The molecule has 1 aromatic carbocycles. The maximum atomic E-state index is 14.1. The van der Waals surface area contributed by atoms with Crippen molar-refractivity contribution in [1.82, 2.24) is 4.90 Å². The minimum atomic E-state index is -0.534. The molecule has 4 aliphatic rings. The predicted molar refractivity (Wildman–Crippen MR) is 168 cm³/mol. The average Bonchev–Trinajstić information content (AvgIpc) is 3.72. The largest absolute Gasteiger partial charge is 0.460 e. The molecule has 1 aromatic heterocycles. The molecular formula is C35H48FN3O6. The Labute approximate surface area is 264 Å². The summed E-state index contributed by atoms with van der Waals surface area (Å²) in [6, 6.07) is 5.98. The fourth-order valence-electron chi connectivity index (χ4n) is 8.23. The van der Waals surface area contributed by atoms with Gasteiger partial charge in [0.15, 0.2) is 0 Å². The Balaban J connectivity index is 1.14. The second-order valence-corrected chi connectivity index (χ2v) is 13.8. The van der Waals surface area contributed by atoms with Gasteiger partial charge in [-0.15, -0.1) is 0 Å². The topological polar surface area (TPSA) is 124 Å². The SMILES string of the molecule is N[C@H](CF)C1CCC(C(=O)N2CC[C@@H](C3CCCCC3)[C@H]2C(=O)Nc2ccc3oc(C(=O)OCC4CCOCC4)cc3c2)CC1. The summed E-state index contributed by atoms with van der Waals surface area (Å²) in [7, 11) is 0. The van der Waals surface area contributed by atoms with E-state index in [1.807, 2.05) is 4.90 Å². The Morgan fingerprint density at radius 3 is 2.47 bits per heavy atom. The molecule has 2 aromatic rings. The number of benzene rings is 1. The van der Waals surface area contributed by atoms with Crippen molar-refractivity contribution in [3.05, 3.63) is 30.0 Å². The zero-order chi connectivity index (χ0) is 31.3. The normalized spacial score (nSPS) is 27.4. The van der Waals surface area contributed by atoms with Crippen LogP contribution in [0.1, 0.15) is 87.6 Å². The lowest BCUT2D eigenvalue weighted by Gasteiger charge is -2.36. The lowest BCUT2D eigenvalue weighted by molar-refractivity contribution is -0.142. The van der Waals surface area contributed by atoms with Gasteiger partial charge >= 0.3 is 5.97 Å². The number of halogens is 1. The number of likely N-dealkylation sites (tertiary alicyclic amines) is 1. The van der Waals surface area contributed by atoms with E-state index in [2.05, 4.69) is 5.32 Å². The number of amides is 2. The van der Waals surface area contributed by atoms with E-state index in [0.717, 1.165) is 44.9 Å². The number of alkyl halides is 1. The molecule has 3 atom stereocenters. The number of anilines is 1. The third-order valence-electron chi connectivity index (χ3n) is 10.9. The molecule has 2 aliphatic carbocycles. The summed E-state index contributed by atoms with van der Waals surface area (Å²) in [5, 5.41) is 3.80. The van der Waals surface area contributed by atoms with E-state index >= 15 is 0 Å². The molecule has 45 heavy (non-hydrogen) atoms. The molecule has 246 valence electrons. The van der Waals surface area contributed by atoms with Gasteiger partial charge < -0.3 is 29.8 Å². The fraction of sp³-hybridized carbons (Fsp3) is 0.686. The summed E-state index contributed by atoms with van der Waals surface area (Å²) < 4.78 is 29.8. The van der Waals surface area contributed by atoms with Gasteiger partial charge in [0.2, 0.25) is 17.6 Å². The monoisotopic (exact) mass is 625 g/mol. The molecule has 0 radical (unpaired) electrons. The standard InChI is InChI=1S/C35H48FN3O6/c36-20-29(37)24-6-8-25(9-7-24)34(41)39-15-12-28(23-4-2-1-3-5-23)32(39)33(40)38-27-10-11-30-26(18-27)19-31(45-30)35(42)44-21-22-13-16-43-17-14-22/h10-11,18-19,22-25,28-29,32H,1-9,12-17,20-21,37H2,(H,38,40)/t24?,25?,28-,29+,32-/m0/s1. The first-order chi connectivity index (χ1) is 21.9. The van der Waals surface area contributed by atoms with Gasteiger partial charge in [-0.1, -0.05) is 32.1 Å². The highest BCUT2D eigenvalue weighted by Gasteiger charge is 2.47. The molecule has 0 bridgehead atoms. The van der Waals surface area contributed by atoms with Crippen LogP contribution in [-0.2, 0) is 19.1 Å². The third-order valence-corrected chi connectivity index (χ3v) is 10.9. The number of hydrogen-bond donors (Lipinski definition) is 2. The first kappa shape index (κ1) is 32.0. The van der Waals surface area contributed by atoms with Crippen LogP contribution < -0.4 is 11.1 Å². The van der Waals surface area contributed by atoms with E-state index in [1.165, 1.54) is 19.3 Å². The van der Waals surface area contributed by atoms with Crippen molar-refractivity contribution in [2.45, 2.75) is 89.1 Å². The number of rotatable bonds is 9. The lowest BCUT2D eigenvalue weighted by atomic mass is 9.76. The number of carbonyl (C=O) groups excluding carboxylic acids is 3. The zero-order valence-electron chi connectivity index (χ0n) is 26.2. The Morgan fingerprint density at radius 2 is 1.73 bits per heavy atom. The van der Waals surface area contributed by atoms with E-state index in [0.29, 0.717) is 67.7 Å². The van der Waals surface area contributed by atoms with Crippen LogP contribution in [0, 0.1) is 29.6 Å². The third kappa shape index (κ3) is 7.38. The summed E-state index contributed by atoms with van der Waals surface area (Å²) in [5.41, 5.74) is 7.09. The average molecular weight is 626 g/mol. The number of nitrogens with zero attached hydrogens (tertiary/aromatic N) is 1. The first-order valence-electron chi connectivity index (χ1n) is 17.1. The van der Waals surface area contributed by atoms with E-state index in [-0.39, 0.29) is 35.3 Å². The van der Waals surface area contributed by atoms with Gasteiger partial charge in [-0.2, -0.15) is 0 Å². The van der Waals surface area contributed by atoms with Crippen molar-refractivity contribution in [2.75, 3.05) is 38.4 Å². The molecule has 6 rings (SSSR count). The van der Waals surface area contributed by atoms with E-state index < -0.39 is 24.7 Å². The van der Waals surface area contributed by atoms with Gasteiger partial charge in [-0.3, -0.25) is 9.59 Å². The maximum Gasteiger partial charge on any atom is 0.374 e. The number of nitrogens with one attached hydrogen (secondary N) is 1. The summed E-state index contributed by atoms with van der Waals surface area (Å²) >= 11 is 0. The second-order valence-electron chi connectivity index (χ2n) is 13.8. The van der Waals surface area contributed by atoms with Crippen molar-refractivity contribution < 1.29 is 32.7 Å². The first-order valence-corrected chi connectivity index (χ1v) is 17.1. The van der Waals surface area contributed by atoms with Gasteiger partial charge in [0.25, 0.3) is 0 Å². The van der Waals surface area contributed by atoms with Crippen LogP contribution in [0.5, 0.6) is 0 Å². The molecule has 0 spiro atoms. The quantitative estimate of drug-likeness (QED) is 0.335. The Morgan fingerprint density at radius 1 is 0.978 bits per heavy atom. The molecule has 3 heterocycles. The molecule has 2 amide bonds. The Kier molecular flexibility index (Phi) is 10.4. The molecule has 0 unspecified atom stereocenters. The van der Waals surface area contributed by atoms with Crippen LogP contribution in [0.25, 0.3) is 11.0 Å². The van der Waals surface area contributed by atoms with Crippen molar-refractivity contribution in [2.24, 2.45) is 35.3 Å². The smallest absolute Gasteiger partial charge is 0.374 e. The number of fused-ring (bicyclic) bond motifs is 1. The fourth-order valence-corrected chi connectivity index (χ4v) is 8.23. The second kappa shape index (κ2) is 14.6. The van der Waals surface area contributed by atoms with E-state index in [9.17, 15) is 18.8 Å². The number of carbonyl (C=O) groups is 3. The van der Waals surface area contributed by atoms with Crippen LogP contribution in [0.4, 0.5) is 10.1 Å². The Hall–Kier alpha value is -2.98. The van der Waals surface area contributed by atoms with Crippen LogP contribution in [0.15, 0.2) is 28.7 Å². The molecule has 3 N–H and O–H groups in total. The highest BCUT2D eigenvalue weighted by Crippen LogP contribution is 2.41. The van der Waals surface area contributed by atoms with Gasteiger partial charge in [0.1, 0.15) is 18.3 Å². The zero-order valence-corrected chi connectivity index (χ0v) is 26.2. The number of esters is 1. The maximum absolute atomic E-state index is 14.1. The minimum absolute atomic E-state index is 0.0509. The van der Waals surface area contributed by atoms with Crippen molar-refractivity contribution in [1.29, 1.82) is 0 Å². The van der Waals surface area contributed by atoms with Crippen molar-refractivity contribution >= 4 is 34.4 Å². The van der Waals surface area contributed by atoms with E-state index in [1.54, 1.807) is 24.3 Å². The van der Waals surface area contributed by atoms with Crippen molar-refractivity contribution in [3.63, 3.8) is 0 Å². The summed E-state index contributed by atoms with van der Waals surface area (Å²) in [4.78, 5) is 42.5. The molecule has 9 nitrogen and oxygen atoms in total. The molecule has 2 saturated carbocycles. The van der Waals surface area contributed by atoms with Crippen molar-refractivity contribution in [3.8, 4) is 0 Å². The van der Waals surface area contributed by atoms with Crippen LogP contribution >= 0.6 is 0 Å². The minimum Gasteiger partial charge on any atom is -0.460 e. The highest BCUT2D eigenvalue weighted by atomic mass is 19.1. The molecule has 2 aliphatic heterocycles. The molecular weight excluding hydrogens is 577 g/mol. The number of ether oxygens (including phenoxy) is 2. The number of furan rings is 1. The summed E-state index contributed by atoms with van der Waals surface area (Å²) in [6.45, 7) is 1.77. The number of nitrogens with two attached hydrogens (primary N) is 1. The summed E-state index contributed by atoms with van der Waals surface area (Å²) in [6.07, 6.45) is 11.2. The Bertz CT molecular complexity index is 1330. The van der Waals surface area contributed by atoms with Crippen LogP contribution in [-0.4, -0.2) is 67.8 Å². The van der Waals surface area contributed by atoms with Gasteiger partial charge in [0.05, 0.1) is 6.61 Å². The molecule has 2 saturated heterocycles.